The molecule has 0 amide bonds. The van der Waals surface area contributed by atoms with Gasteiger partial charge in [0, 0.05) is 13.0 Å². The Morgan fingerprint density at radius 1 is 1.64 bits per heavy atom. The standard InChI is InChI=1S/C7H10N4/c1-3-4-5-6-11-7(2)8-9-10-11/h1H,4-6H2,2H3. The van der Waals surface area contributed by atoms with Crippen LogP contribution in [0.1, 0.15) is 18.7 Å². The smallest absolute Gasteiger partial charge is 0.148 e. The highest BCUT2D eigenvalue weighted by Gasteiger charge is 1.97. The van der Waals surface area contributed by atoms with Crippen LogP contribution in [0.4, 0.5) is 0 Å². The minimum Gasteiger partial charge on any atom is -0.230 e. The highest BCUT2D eigenvalue weighted by atomic mass is 15.5. The summed E-state index contributed by atoms with van der Waals surface area (Å²) in [5.74, 6) is 3.40. The van der Waals surface area contributed by atoms with Gasteiger partial charge in [-0.3, -0.25) is 0 Å². The van der Waals surface area contributed by atoms with Gasteiger partial charge in [0.25, 0.3) is 0 Å². The van der Waals surface area contributed by atoms with Gasteiger partial charge in [-0.25, -0.2) is 4.68 Å². The number of hydrogen-bond acceptors (Lipinski definition) is 3. The van der Waals surface area contributed by atoms with Crippen molar-refractivity contribution in [3.05, 3.63) is 5.82 Å². The summed E-state index contributed by atoms with van der Waals surface area (Å²) in [5.41, 5.74) is 0. The maximum absolute atomic E-state index is 5.10. The SMILES string of the molecule is C#CCCCn1nnnc1C. The molecule has 0 radical (unpaired) electrons. The van der Waals surface area contributed by atoms with Crippen LogP contribution >= 0.6 is 0 Å². The average Bonchev–Trinajstić information content (AvgIpc) is 2.37. The molecule has 1 aromatic rings. The van der Waals surface area contributed by atoms with E-state index >= 15 is 0 Å². The van der Waals surface area contributed by atoms with Crippen LogP contribution < -0.4 is 0 Å². The average molecular weight is 150 g/mol. The monoisotopic (exact) mass is 150 g/mol. The van der Waals surface area contributed by atoms with E-state index < -0.39 is 0 Å². The van der Waals surface area contributed by atoms with E-state index in [4.69, 9.17) is 6.42 Å². The van der Waals surface area contributed by atoms with Crippen molar-refractivity contribution in [3.63, 3.8) is 0 Å². The Labute approximate surface area is 65.6 Å². The molecule has 58 valence electrons. The van der Waals surface area contributed by atoms with E-state index in [9.17, 15) is 0 Å². The molecule has 0 atom stereocenters. The number of aryl methyl sites for hydroxylation is 2. The number of aromatic nitrogens is 4. The topological polar surface area (TPSA) is 43.6 Å². The van der Waals surface area contributed by atoms with Gasteiger partial charge in [0.2, 0.25) is 0 Å². The second-order valence-electron chi connectivity index (χ2n) is 2.26. The van der Waals surface area contributed by atoms with Crippen LogP contribution in [0.3, 0.4) is 0 Å². The fourth-order valence-electron chi connectivity index (χ4n) is 0.787. The van der Waals surface area contributed by atoms with Gasteiger partial charge in [0.05, 0.1) is 0 Å². The Bertz CT molecular complexity index is 258. The summed E-state index contributed by atoms with van der Waals surface area (Å²) in [5, 5.41) is 11.0. The van der Waals surface area contributed by atoms with Gasteiger partial charge in [-0.15, -0.1) is 17.4 Å². The van der Waals surface area contributed by atoms with E-state index in [-0.39, 0.29) is 0 Å². The third kappa shape index (κ3) is 2.04. The lowest BCUT2D eigenvalue weighted by molar-refractivity contribution is 0.553. The molecule has 11 heavy (non-hydrogen) atoms. The van der Waals surface area contributed by atoms with Crippen LogP contribution in [0, 0.1) is 19.3 Å². The molecule has 4 heteroatoms. The van der Waals surface area contributed by atoms with Crippen LogP contribution in [0.15, 0.2) is 0 Å². The third-order valence-corrected chi connectivity index (χ3v) is 1.40. The molecule has 0 aliphatic carbocycles. The Hall–Kier alpha value is -1.37. The highest BCUT2D eigenvalue weighted by Crippen LogP contribution is 1.93. The van der Waals surface area contributed by atoms with Crippen molar-refractivity contribution < 1.29 is 0 Å². The lowest BCUT2D eigenvalue weighted by atomic mass is 10.3. The van der Waals surface area contributed by atoms with Crippen molar-refractivity contribution >= 4 is 0 Å². The van der Waals surface area contributed by atoms with Gasteiger partial charge in [-0.05, 0) is 23.8 Å². The summed E-state index contributed by atoms with van der Waals surface area (Å²) in [4.78, 5) is 0. The molecule has 0 saturated heterocycles. The van der Waals surface area contributed by atoms with Crippen molar-refractivity contribution in [1.82, 2.24) is 20.2 Å². The molecule has 4 nitrogen and oxygen atoms in total. The van der Waals surface area contributed by atoms with Crippen molar-refractivity contribution in [1.29, 1.82) is 0 Å². The molecule has 0 saturated carbocycles. The van der Waals surface area contributed by atoms with E-state index in [2.05, 4.69) is 21.4 Å². The quantitative estimate of drug-likeness (QED) is 0.462. The summed E-state index contributed by atoms with van der Waals surface area (Å²) in [6, 6.07) is 0. The third-order valence-electron chi connectivity index (χ3n) is 1.40. The Morgan fingerprint density at radius 3 is 3.00 bits per heavy atom. The van der Waals surface area contributed by atoms with Gasteiger partial charge in [0.1, 0.15) is 5.82 Å². The molecule has 0 fully saturated rings. The minimum absolute atomic E-state index is 0.777. The molecule has 0 aromatic carbocycles. The maximum Gasteiger partial charge on any atom is 0.148 e. The van der Waals surface area contributed by atoms with Gasteiger partial charge in [0.15, 0.2) is 0 Å². The molecule has 1 heterocycles. The number of nitrogens with zero attached hydrogens (tertiary/aromatic N) is 4. The van der Waals surface area contributed by atoms with Crippen molar-refractivity contribution in [3.8, 4) is 12.3 Å². The van der Waals surface area contributed by atoms with Crippen LogP contribution in [0.5, 0.6) is 0 Å². The van der Waals surface area contributed by atoms with Crippen LogP contribution in [0.2, 0.25) is 0 Å². The fourth-order valence-corrected chi connectivity index (χ4v) is 0.787. The molecule has 0 aliphatic heterocycles. The molecule has 0 spiro atoms. The summed E-state index contributed by atoms with van der Waals surface area (Å²) < 4.78 is 1.75. The largest absolute Gasteiger partial charge is 0.230 e. The van der Waals surface area contributed by atoms with Crippen LogP contribution in [0.25, 0.3) is 0 Å². The summed E-state index contributed by atoms with van der Waals surface area (Å²) in [6.07, 6.45) is 6.81. The first kappa shape index (κ1) is 7.73. The number of tetrazole rings is 1. The summed E-state index contributed by atoms with van der Waals surface area (Å²) in [7, 11) is 0. The molecule has 0 bridgehead atoms. The van der Waals surface area contributed by atoms with E-state index in [0.29, 0.717) is 0 Å². The fraction of sp³-hybridized carbons (Fsp3) is 0.571. The van der Waals surface area contributed by atoms with Gasteiger partial charge in [-0.2, -0.15) is 0 Å². The second-order valence-corrected chi connectivity index (χ2v) is 2.26. The normalized spacial score (nSPS) is 9.45. The first-order chi connectivity index (χ1) is 5.34. The highest BCUT2D eigenvalue weighted by molar-refractivity contribution is 4.83. The zero-order valence-corrected chi connectivity index (χ0v) is 6.49. The lowest BCUT2D eigenvalue weighted by Crippen LogP contribution is -2.02. The number of hydrogen-bond donors (Lipinski definition) is 0. The Balaban J connectivity index is 2.40. The maximum atomic E-state index is 5.10. The minimum atomic E-state index is 0.777. The van der Waals surface area contributed by atoms with Gasteiger partial charge in [-0.1, -0.05) is 0 Å². The zero-order valence-electron chi connectivity index (χ0n) is 6.49. The molecule has 0 unspecified atom stereocenters. The number of unbranched alkanes of at least 4 members (excludes halogenated alkanes) is 1. The molecule has 0 aliphatic rings. The molecular weight excluding hydrogens is 140 g/mol. The Kier molecular flexibility index (Phi) is 2.61. The van der Waals surface area contributed by atoms with Gasteiger partial charge >= 0.3 is 0 Å². The first-order valence-corrected chi connectivity index (χ1v) is 3.51. The molecule has 0 N–H and O–H groups in total. The predicted octanol–water partition coefficient (Wildman–Crippen LogP) is 0.395. The van der Waals surface area contributed by atoms with Crippen LogP contribution in [-0.4, -0.2) is 20.2 Å². The molecular formula is C7H10N4. The van der Waals surface area contributed by atoms with E-state index in [1.807, 2.05) is 6.92 Å². The summed E-state index contributed by atoms with van der Waals surface area (Å²) >= 11 is 0. The van der Waals surface area contributed by atoms with Crippen molar-refractivity contribution in [2.45, 2.75) is 26.3 Å². The van der Waals surface area contributed by atoms with E-state index in [0.717, 1.165) is 25.2 Å². The van der Waals surface area contributed by atoms with Crippen molar-refractivity contribution in [2.75, 3.05) is 0 Å². The molecule has 1 aromatic heterocycles. The Morgan fingerprint density at radius 2 is 2.45 bits per heavy atom. The lowest BCUT2D eigenvalue weighted by Gasteiger charge is -1.96. The second kappa shape index (κ2) is 3.71. The van der Waals surface area contributed by atoms with Crippen molar-refractivity contribution in [2.24, 2.45) is 0 Å². The van der Waals surface area contributed by atoms with E-state index in [1.165, 1.54) is 0 Å². The van der Waals surface area contributed by atoms with E-state index in [1.54, 1.807) is 4.68 Å². The number of rotatable bonds is 3. The van der Waals surface area contributed by atoms with Gasteiger partial charge < -0.3 is 0 Å². The predicted molar refractivity (Wildman–Crippen MR) is 40.6 cm³/mol. The first-order valence-electron chi connectivity index (χ1n) is 3.51. The summed E-state index contributed by atoms with van der Waals surface area (Å²) in [6.45, 7) is 2.68. The number of terminal acetylenes is 1. The van der Waals surface area contributed by atoms with Crippen LogP contribution in [-0.2, 0) is 6.54 Å². The zero-order chi connectivity index (χ0) is 8.10. The molecule has 1 rings (SSSR count).